The number of methoxy groups -OCH3 is 1. The van der Waals surface area contributed by atoms with Gasteiger partial charge in [0.2, 0.25) is 0 Å². The Balaban J connectivity index is 1.85. The molecule has 7 heteroatoms. The minimum Gasteiger partial charge on any atom is -0.495 e. The number of pyridine rings is 2. The van der Waals surface area contributed by atoms with Gasteiger partial charge in [0.25, 0.3) is 5.91 Å². The van der Waals surface area contributed by atoms with Gasteiger partial charge in [-0.2, -0.15) is 0 Å². The van der Waals surface area contributed by atoms with E-state index in [-0.39, 0.29) is 24.0 Å². The van der Waals surface area contributed by atoms with E-state index in [4.69, 9.17) is 16.3 Å². The average Bonchev–Trinajstić information content (AvgIpc) is 2.57. The van der Waals surface area contributed by atoms with Crippen molar-refractivity contribution in [2.24, 2.45) is 5.92 Å². The van der Waals surface area contributed by atoms with Crippen LogP contribution >= 0.6 is 11.6 Å². The van der Waals surface area contributed by atoms with E-state index in [0.717, 1.165) is 5.56 Å². The fourth-order valence-corrected chi connectivity index (χ4v) is 3.08. The minimum absolute atomic E-state index is 0.137. The summed E-state index contributed by atoms with van der Waals surface area (Å²) in [7, 11) is 1.57. The molecule has 3 rings (SSSR count). The van der Waals surface area contributed by atoms with Crippen molar-refractivity contribution in [3.8, 4) is 5.75 Å². The molecule has 0 bridgehead atoms. The van der Waals surface area contributed by atoms with Gasteiger partial charge in [-0.25, -0.2) is 0 Å². The average molecular weight is 348 g/mol. The first-order chi connectivity index (χ1) is 11.6. The summed E-state index contributed by atoms with van der Waals surface area (Å²) in [5.41, 5.74) is 1.21. The number of aliphatic hydroxyl groups is 1. The lowest BCUT2D eigenvalue weighted by atomic mass is 9.75. The van der Waals surface area contributed by atoms with Crippen LogP contribution in [-0.4, -0.2) is 34.2 Å². The summed E-state index contributed by atoms with van der Waals surface area (Å²) in [6.07, 6.45) is 7.21. The van der Waals surface area contributed by atoms with Gasteiger partial charge in [0.1, 0.15) is 5.75 Å². The Morgan fingerprint density at radius 3 is 2.83 bits per heavy atom. The molecule has 0 aliphatic heterocycles. The quantitative estimate of drug-likeness (QED) is 0.867. The van der Waals surface area contributed by atoms with Crippen molar-refractivity contribution in [2.75, 3.05) is 7.11 Å². The Hall–Kier alpha value is -2.18. The van der Waals surface area contributed by atoms with Gasteiger partial charge in [-0.15, -0.1) is 0 Å². The highest BCUT2D eigenvalue weighted by molar-refractivity contribution is 6.33. The van der Waals surface area contributed by atoms with Crippen LogP contribution in [0.2, 0.25) is 5.02 Å². The van der Waals surface area contributed by atoms with Crippen LogP contribution in [0.1, 0.15) is 34.8 Å². The van der Waals surface area contributed by atoms with Gasteiger partial charge < -0.3 is 15.2 Å². The second-order valence-corrected chi connectivity index (χ2v) is 6.26. The van der Waals surface area contributed by atoms with Gasteiger partial charge >= 0.3 is 0 Å². The molecule has 1 saturated carbocycles. The van der Waals surface area contributed by atoms with Crippen molar-refractivity contribution in [1.29, 1.82) is 0 Å². The third kappa shape index (κ3) is 3.49. The van der Waals surface area contributed by atoms with Crippen LogP contribution in [0.3, 0.4) is 0 Å². The Labute approximate surface area is 144 Å². The number of ether oxygens (including phenoxy) is 1. The molecule has 24 heavy (non-hydrogen) atoms. The summed E-state index contributed by atoms with van der Waals surface area (Å²) in [5, 5.41) is 12.9. The van der Waals surface area contributed by atoms with Crippen LogP contribution in [0, 0.1) is 5.92 Å². The lowest BCUT2D eigenvalue weighted by Crippen LogP contribution is -2.41. The Morgan fingerprint density at radius 2 is 2.17 bits per heavy atom. The first-order valence-electron chi connectivity index (χ1n) is 7.66. The standard InChI is InChI=1S/C17H18ClN3O3/c1-24-13-6-11(7-20-8-13)16(10-4-12(22)5-10)21-17(23)14-2-3-19-9-15(14)18/h2-3,6-10,12,16,22H,4-5H2,1H3,(H,21,23)/t10?,12?,16-/m1/s1. The summed E-state index contributed by atoms with van der Waals surface area (Å²) in [4.78, 5) is 20.6. The molecule has 2 N–H and O–H groups in total. The third-order valence-electron chi connectivity index (χ3n) is 4.25. The van der Waals surface area contributed by atoms with Crippen LogP contribution in [0.5, 0.6) is 5.75 Å². The van der Waals surface area contributed by atoms with Gasteiger partial charge in [0.05, 0.1) is 36.0 Å². The van der Waals surface area contributed by atoms with E-state index < -0.39 is 0 Å². The molecule has 0 spiro atoms. The number of hydrogen-bond donors (Lipinski definition) is 2. The molecule has 1 atom stereocenters. The number of hydrogen-bond acceptors (Lipinski definition) is 5. The first kappa shape index (κ1) is 16.7. The summed E-state index contributed by atoms with van der Waals surface area (Å²) in [5.74, 6) is 0.476. The smallest absolute Gasteiger partial charge is 0.253 e. The molecule has 2 heterocycles. The van der Waals surface area contributed by atoms with Gasteiger partial charge in [0, 0.05) is 18.6 Å². The summed E-state index contributed by atoms with van der Waals surface area (Å²) in [6, 6.07) is 3.15. The predicted octanol–water partition coefficient (Wildman–Crippen LogP) is 2.38. The number of aliphatic hydroxyl groups excluding tert-OH is 1. The highest BCUT2D eigenvalue weighted by Crippen LogP contribution is 2.38. The van der Waals surface area contributed by atoms with Crippen molar-refractivity contribution in [3.05, 3.63) is 53.1 Å². The summed E-state index contributed by atoms with van der Waals surface area (Å²) in [6.45, 7) is 0. The molecule has 1 fully saturated rings. The molecule has 1 aliphatic carbocycles. The Bertz CT molecular complexity index is 735. The normalized spacial score (nSPS) is 20.8. The number of halogens is 1. The molecule has 126 valence electrons. The van der Waals surface area contributed by atoms with Crippen molar-refractivity contribution in [1.82, 2.24) is 15.3 Å². The maximum absolute atomic E-state index is 12.6. The molecule has 0 unspecified atom stereocenters. The lowest BCUT2D eigenvalue weighted by molar-refractivity contribution is 0.0234. The Kier molecular flexibility index (Phi) is 4.97. The zero-order valence-electron chi connectivity index (χ0n) is 13.1. The Morgan fingerprint density at radius 1 is 1.38 bits per heavy atom. The van der Waals surface area contributed by atoms with Gasteiger partial charge in [-0.3, -0.25) is 14.8 Å². The van der Waals surface area contributed by atoms with Crippen molar-refractivity contribution >= 4 is 17.5 Å². The minimum atomic E-state index is -0.322. The summed E-state index contributed by atoms with van der Waals surface area (Å²) >= 11 is 6.05. The van der Waals surface area contributed by atoms with E-state index in [1.807, 2.05) is 6.07 Å². The van der Waals surface area contributed by atoms with E-state index in [1.165, 1.54) is 12.4 Å². The highest BCUT2D eigenvalue weighted by atomic mass is 35.5. The van der Waals surface area contributed by atoms with Gasteiger partial charge in [-0.05, 0) is 36.5 Å². The molecule has 1 amide bonds. The molecule has 2 aromatic heterocycles. The van der Waals surface area contributed by atoms with Crippen molar-refractivity contribution in [3.63, 3.8) is 0 Å². The number of aromatic nitrogens is 2. The molecular formula is C17H18ClN3O3. The number of amides is 1. The largest absolute Gasteiger partial charge is 0.495 e. The highest BCUT2D eigenvalue weighted by Gasteiger charge is 2.36. The number of nitrogens with one attached hydrogen (secondary N) is 1. The molecular weight excluding hydrogens is 330 g/mol. The molecule has 6 nitrogen and oxygen atoms in total. The molecule has 1 aliphatic rings. The number of carbonyl (C=O) groups excluding carboxylic acids is 1. The van der Waals surface area contributed by atoms with Crippen LogP contribution in [0.25, 0.3) is 0 Å². The maximum Gasteiger partial charge on any atom is 0.253 e. The van der Waals surface area contributed by atoms with E-state index in [0.29, 0.717) is 29.2 Å². The second-order valence-electron chi connectivity index (χ2n) is 5.85. The van der Waals surface area contributed by atoms with Gasteiger partial charge in [-0.1, -0.05) is 11.6 Å². The number of carbonyl (C=O) groups is 1. The maximum atomic E-state index is 12.6. The van der Waals surface area contributed by atoms with Crippen LogP contribution in [-0.2, 0) is 0 Å². The number of rotatable bonds is 5. The second kappa shape index (κ2) is 7.15. The van der Waals surface area contributed by atoms with Crippen molar-refractivity contribution < 1.29 is 14.6 Å². The summed E-state index contributed by atoms with van der Waals surface area (Å²) < 4.78 is 5.21. The zero-order chi connectivity index (χ0) is 17.1. The fourth-order valence-electron chi connectivity index (χ4n) is 2.87. The fraction of sp³-hybridized carbons (Fsp3) is 0.353. The van der Waals surface area contributed by atoms with E-state index in [1.54, 1.807) is 25.6 Å². The van der Waals surface area contributed by atoms with Crippen LogP contribution in [0.15, 0.2) is 36.9 Å². The van der Waals surface area contributed by atoms with E-state index >= 15 is 0 Å². The zero-order valence-corrected chi connectivity index (χ0v) is 13.9. The van der Waals surface area contributed by atoms with Gasteiger partial charge in [0.15, 0.2) is 0 Å². The topological polar surface area (TPSA) is 84.3 Å². The molecule has 0 aromatic carbocycles. The van der Waals surface area contributed by atoms with Crippen molar-refractivity contribution in [2.45, 2.75) is 25.0 Å². The molecule has 0 saturated heterocycles. The molecule has 2 aromatic rings. The van der Waals surface area contributed by atoms with Crippen LogP contribution < -0.4 is 10.1 Å². The third-order valence-corrected chi connectivity index (χ3v) is 4.56. The predicted molar refractivity (Wildman–Crippen MR) is 89.0 cm³/mol. The first-order valence-corrected chi connectivity index (χ1v) is 8.03. The lowest BCUT2D eigenvalue weighted by Gasteiger charge is -2.38. The molecule has 0 radical (unpaired) electrons. The van der Waals surface area contributed by atoms with E-state index in [9.17, 15) is 9.90 Å². The van der Waals surface area contributed by atoms with Crippen LogP contribution in [0.4, 0.5) is 0 Å². The van der Waals surface area contributed by atoms with E-state index in [2.05, 4.69) is 15.3 Å². The number of nitrogens with zero attached hydrogens (tertiary/aromatic N) is 2. The SMILES string of the molecule is COc1cncc([C@H](NC(=O)c2ccncc2Cl)C2CC(O)C2)c1. The monoisotopic (exact) mass is 347 g/mol.